The van der Waals surface area contributed by atoms with Crippen molar-refractivity contribution < 1.29 is 28.6 Å². The number of amides is 2. The third-order valence-electron chi connectivity index (χ3n) is 9.47. The number of benzene rings is 2. The predicted octanol–water partition coefficient (Wildman–Crippen LogP) is 5.66. The number of aromatic nitrogens is 2. The number of hydrogen-bond donors (Lipinski definition) is 1. The zero-order chi connectivity index (χ0) is 37.0. The Labute approximate surface area is 293 Å². The fraction of sp³-hybridized carbons (Fsp3) is 0.405. The van der Waals surface area contributed by atoms with Crippen LogP contribution in [0.5, 0.6) is 11.5 Å². The largest absolute Gasteiger partial charge is 0.493 e. The maximum Gasteiger partial charge on any atom is 0.412 e. The van der Waals surface area contributed by atoms with Crippen molar-refractivity contribution in [1.29, 1.82) is 0 Å². The van der Waals surface area contributed by atoms with Crippen LogP contribution in [0.3, 0.4) is 0 Å². The first kappa shape index (κ1) is 37.9. The van der Waals surface area contributed by atoms with Gasteiger partial charge in [0.05, 0.1) is 36.6 Å². The van der Waals surface area contributed by atoms with Gasteiger partial charge in [0.25, 0.3) is 11.5 Å². The second-order valence-corrected chi connectivity index (χ2v) is 18.7. The Morgan fingerprint density at radius 1 is 1.10 bits per heavy atom. The molecule has 0 radical (unpaired) electrons. The third-order valence-corrected chi connectivity index (χ3v) is 14.0. The summed E-state index contributed by atoms with van der Waals surface area (Å²) in [5.74, 6) is 0.0751. The van der Waals surface area contributed by atoms with Gasteiger partial charge in [0.15, 0.2) is 19.8 Å². The number of carbonyl (C=O) groups excluding carboxylic acids is 1. The van der Waals surface area contributed by atoms with E-state index in [9.17, 15) is 24.3 Å². The van der Waals surface area contributed by atoms with Crippen molar-refractivity contribution in [2.45, 2.75) is 58.0 Å². The van der Waals surface area contributed by atoms with Gasteiger partial charge < -0.3 is 28.5 Å². The summed E-state index contributed by atoms with van der Waals surface area (Å²) in [5, 5.41) is 10.1. The minimum atomic E-state index is -2.30. The van der Waals surface area contributed by atoms with E-state index in [0.717, 1.165) is 15.0 Å². The molecule has 1 aliphatic rings. The average molecular weight is 705 g/mol. The van der Waals surface area contributed by atoms with Gasteiger partial charge in [-0.15, -0.1) is 6.58 Å². The van der Waals surface area contributed by atoms with E-state index in [0.29, 0.717) is 17.6 Å². The normalized spacial score (nSPS) is 14.9. The summed E-state index contributed by atoms with van der Waals surface area (Å²) in [6.45, 7) is 14.8. The van der Waals surface area contributed by atoms with Gasteiger partial charge in [0, 0.05) is 39.4 Å². The van der Waals surface area contributed by atoms with E-state index < -0.39 is 37.6 Å². The third kappa shape index (κ3) is 8.11. The Kier molecular flexibility index (Phi) is 11.6. The van der Waals surface area contributed by atoms with Crippen LogP contribution < -0.4 is 25.6 Å². The number of carbonyl (C=O) groups is 2. The molecule has 4 rings (SSSR count). The summed E-state index contributed by atoms with van der Waals surface area (Å²) in [7, 11) is 2.18. The van der Waals surface area contributed by atoms with Crippen molar-refractivity contribution in [1.82, 2.24) is 14.0 Å². The van der Waals surface area contributed by atoms with Crippen molar-refractivity contribution in [2.24, 2.45) is 14.1 Å². The zero-order valence-corrected chi connectivity index (χ0v) is 31.2. The van der Waals surface area contributed by atoms with Crippen LogP contribution in [0, 0.1) is 0 Å². The average Bonchev–Trinajstić information content (AvgIpc) is 3.08. The molecule has 50 heavy (non-hydrogen) atoms. The van der Waals surface area contributed by atoms with Crippen molar-refractivity contribution in [3.05, 3.63) is 105 Å². The summed E-state index contributed by atoms with van der Waals surface area (Å²) in [5.41, 5.74) is 1.28. The lowest BCUT2D eigenvalue weighted by atomic mass is 9.96. The molecule has 2 heterocycles. The van der Waals surface area contributed by atoms with Gasteiger partial charge in [-0.25, -0.2) is 9.59 Å². The topological polar surface area (TPSA) is 133 Å². The second-order valence-electron chi connectivity index (χ2n) is 13.9. The monoisotopic (exact) mass is 704 g/mol. The molecule has 1 aromatic heterocycles. The van der Waals surface area contributed by atoms with Gasteiger partial charge in [-0.3, -0.25) is 19.1 Å². The molecule has 1 unspecified atom stereocenters. The highest BCUT2D eigenvalue weighted by atomic mass is 28.4. The fourth-order valence-electron chi connectivity index (χ4n) is 5.48. The van der Waals surface area contributed by atoms with Crippen LogP contribution in [0.2, 0.25) is 18.1 Å². The number of hydrogen-bond acceptors (Lipinski definition) is 7. The molecule has 0 saturated carbocycles. The molecule has 2 amide bonds. The number of aryl methyl sites for hydroxylation is 1. The Bertz CT molecular complexity index is 1890. The molecule has 0 spiro atoms. The Hall–Kier alpha value is -4.88. The van der Waals surface area contributed by atoms with E-state index in [1.165, 1.54) is 43.1 Å². The maximum absolute atomic E-state index is 14.7. The van der Waals surface area contributed by atoms with E-state index in [4.69, 9.17) is 13.9 Å². The van der Waals surface area contributed by atoms with Gasteiger partial charge in [0.2, 0.25) is 0 Å². The molecule has 1 atom stereocenters. The summed E-state index contributed by atoms with van der Waals surface area (Å²) < 4.78 is 20.8. The van der Waals surface area contributed by atoms with Crippen LogP contribution in [-0.4, -0.2) is 72.3 Å². The molecule has 1 N–H and O–H groups in total. The van der Waals surface area contributed by atoms with E-state index in [-0.39, 0.29) is 54.1 Å². The minimum Gasteiger partial charge on any atom is -0.493 e. The number of ether oxygens (including phenoxy) is 2. The van der Waals surface area contributed by atoms with E-state index in [1.807, 2.05) is 36.4 Å². The predicted molar refractivity (Wildman–Crippen MR) is 197 cm³/mol. The first-order valence-electron chi connectivity index (χ1n) is 16.4. The lowest BCUT2D eigenvalue weighted by Crippen LogP contribution is -2.49. The van der Waals surface area contributed by atoms with Crippen molar-refractivity contribution in [2.75, 3.05) is 31.7 Å². The molecular formula is C37H48N4O8Si. The highest BCUT2D eigenvalue weighted by molar-refractivity contribution is 6.74. The number of anilines is 1. The highest BCUT2D eigenvalue weighted by Crippen LogP contribution is 2.39. The molecule has 0 aliphatic carbocycles. The molecule has 2 aromatic carbocycles. The fourth-order valence-corrected chi connectivity index (χ4v) is 6.50. The van der Waals surface area contributed by atoms with Crippen molar-refractivity contribution >= 4 is 31.6 Å². The van der Waals surface area contributed by atoms with Crippen LogP contribution >= 0.6 is 0 Å². The molecule has 13 heteroatoms. The van der Waals surface area contributed by atoms with Gasteiger partial charge in [-0.1, -0.05) is 63.3 Å². The van der Waals surface area contributed by atoms with Crippen LogP contribution in [0.4, 0.5) is 10.5 Å². The standard InChI is InChI=1S/C37H48N4O8Si/c1-10-17-41(36(45)46)30-21-32(48-23-25-14-12-11-13-15-25)31(47-7)20-28(30)34(43)40-18-16-26(29-22-38(5)35(44)39(6)33(29)42)19-27(40)24-49-50(8,9)37(2,3)4/h10-15,19-22,27H,1,16-18,23-24H2,2-9H3,(H,45,46). The van der Waals surface area contributed by atoms with Gasteiger partial charge in [-0.05, 0) is 41.8 Å². The summed E-state index contributed by atoms with van der Waals surface area (Å²) in [6.07, 6.45) is 3.86. The van der Waals surface area contributed by atoms with Crippen LogP contribution in [-0.2, 0) is 25.1 Å². The molecular weight excluding hydrogens is 657 g/mol. The van der Waals surface area contributed by atoms with Gasteiger partial charge in [-0.2, -0.15) is 0 Å². The Morgan fingerprint density at radius 2 is 1.78 bits per heavy atom. The summed E-state index contributed by atoms with van der Waals surface area (Å²) in [6, 6.07) is 11.9. The lowest BCUT2D eigenvalue weighted by Gasteiger charge is -2.40. The van der Waals surface area contributed by atoms with E-state index in [1.54, 1.807) is 11.9 Å². The Morgan fingerprint density at radius 3 is 2.38 bits per heavy atom. The van der Waals surface area contributed by atoms with E-state index in [2.05, 4.69) is 40.4 Å². The molecule has 3 aromatic rings. The van der Waals surface area contributed by atoms with Crippen LogP contribution in [0.15, 0.2) is 77.0 Å². The van der Waals surface area contributed by atoms with E-state index >= 15 is 0 Å². The summed E-state index contributed by atoms with van der Waals surface area (Å²) in [4.78, 5) is 55.6. The first-order valence-corrected chi connectivity index (χ1v) is 19.3. The SMILES string of the molecule is C=CCN(C(=O)O)c1cc(OCc2ccccc2)c(OC)cc1C(=O)N1CCC(c2cn(C)c(=O)n(C)c2=O)=CC1CO[Si](C)(C)C(C)(C)C. The number of nitrogens with zero attached hydrogens (tertiary/aromatic N) is 4. The molecule has 0 bridgehead atoms. The van der Waals surface area contributed by atoms with Crippen molar-refractivity contribution in [3.63, 3.8) is 0 Å². The molecule has 0 fully saturated rings. The number of methoxy groups -OCH3 is 1. The van der Waals surface area contributed by atoms with Gasteiger partial charge >= 0.3 is 11.8 Å². The van der Waals surface area contributed by atoms with Crippen molar-refractivity contribution in [3.8, 4) is 11.5 Å². The number of rotatable bonds is 12. The maximum atomic E-state index is 14.7. The lowest BCUT2D eigenvalue weighted by molar-refractivity contribution is 0.0654. The van der Waals surface area contributed by atoms with Crippen LogP contribution in [0.1, 0.15) is 48.7 Å². The molecule has 12 nitrogen and oxygen atoms in total. The highest BCUT2D eigenvalue weighted by Gasteiger charge is 2.39. The number of carboxylic acid groups (broad SMARTS) is 1. The first-order chi connectivity index (χ1) is 23.5. The molecule has 1 aliphatic heterocycles. The molecule has 268 valence electrons. The summed E-state index contributed by atoms with van der Waals surface area (Å²) >= 11 is 0. The second kappa shape index (κ2) is 15.3. The molecule has 0 saturated heterocycles. The smallest absolute Gasteiger partial charge is 0.412 e. The zero-order valence-electron chi connectivity index (χ0n) is 30.2. The van der Waals surface area contributed by atoms with Crippen LogP contribution in [0.25, 0.3) is 5.57 Å². The quantitative estimate of drug-likeness (QED) is 0.189. The Balaban J connectivity index is 1.84. The minimum absolute atomic E-state index is 0.0853. The van der Waals surface area contributed by atoms with Gasteiger partial charge in [0.1, 0.15) is 6.61 Å².